The first kappa shape index (κ1) is 18.7. The van der Waals surface area contributed by atoms with Crippen LogP contribution < -0.4 is 5.32 Å². The molecule has 1 aromatic heterocycles. The third-order valence-corrected chi connectivity index (χ3v) is 8.05. The lowest BCUT2D eigenvalue weighted by atomic mass is 9.75. The lowest BCUT2D eigenvalue weighted by Gasteiger charge is -2.29. The van der Waals surface area contributed by atoms with Gasteiger partial charge in [0.1, 0.15) is 11.6 Å². The Morgan fingerprint density at radius 2 is 1.68 bits per heavy atom. The van der Waals surface area contributed by atoms with Crippen molar-refractivity contribution in [1.82, 2.24) is 4.98 Å². The predicted molar refractivity (Wildman–Crippen MR) is 114 cm³/mol. The maximum atomic E-state index is 14.8. The standard InChI is InChI=1S/C26H22F2N2O/c27-22-4-2-1-3-20(22)21-8-7-19(14-23(21)28)30-24(31)26-15-25(26,16-9-11-29-12-10-16)17-5-6-18(26)13-17/h1-4,7-12,14,17-18H,5-6,13,15H2,(H,30,31)/t17-,18+,25-,26-/m1/s1. The Kier molecular flexibility index (Phi) is 3.89. The second-order valence-corrected chi connectivity index (χ2v) is 9.19. The van der Waals surface area contributed by atoms with Gasteiger partial charge < -0.3 is 5.32 Å². The molecule has 0 saturated heterocycles. The molecule has 0 radical (unpaired) electrons. The third kappa shape index (κ3) is 2.43. The van der Waals surface area contributed by atoms with Crippen LogP contribution in [0.1, 0.15) is 31.2 Å². The number of benzene rings is 2. The zero-order chi connectivity index (χ0) is 21.2. The molecular formula is C26H22F2N2O. The van der Waals surface area contributed by atoms with Gasteiger partial charge in [-0.3, -0.25) is 9.78 Å². The van der Waals surface area contributed by atoms with Crippen molar-refractivity contribution in [3.8, 4) is 11.1 Å². The van der Waals surface area contributed by atoms with Gasteiger partial charge in [-0.1, -0.05) is 18.2 Å². The van der Waals surface area contributed by atoms with Crippen LogP contribution in [0, 0.1) is 28.9 Å². The van der Waals surface area contributed by atoms with Crippen LogP contribution in [0.2, 0.25) is 0 Å². The van der Waals surface area contributed by atoms with Crippen LogP contribution in [0.4, 0.5) is 14.5 Å². The normalized spacial score (nSPS) is 30.1. The summed E-state index contributed by atoms with van der Waals surface area (Å²) in [5, 5.41) is 2.99. The van der Waals surface area contributed by atoms with E-state index in [-0.39, 0.29) is 22.4 Å². The largest absolute Gasteiger partial charge is 0.325 e. The Morgan fingerprint density at radius 3 is 2.45 bits per heavy atom. The van der Waals surface area contributed by atoms with Gasteiger partial charge in [0, 0.05) is 34.6 Å². The molecule has 3 aromatic rings. The summed E-state index contributed by atoms with van der Waals surface area (Å²) in [7, 11) is 0. The Morgan fingerprint density at radius 1 is 0.935 bits per heavy atom. The number of anilines is 1. The van der Waals surface area contributed by atoms with E-state index in [1.807, 2.05) is 12.1 Å². The van der Waals surface area contributed by atoms with E-state index in [0.717, 1.165) is 25.7 Å². The number of nitrogens with one attached hydrogen (secondary N) is 1. The van der Waals surface area contributed by atoms with E-state index in [2.05, 4.69) is 10.3 Å². The molecule has 0 unspecified atom stereocenters. The molecule has 3 saturated carbocycles. The molecule has 1 heterocycles. The molecule has 1 amide bonds. The summed E-state index contributed by atoms with van der Waals surface area (Å²) in [6.45, 7) is 0. The first-order chi connectivity index (χ1) is 15.1. The van der Waals surface area contributed by atoms with Crippen LogP contribution in [-0.2, 0) is 10.2 Å². The number of carbonyl (C=O) groups excluding carboxylic acids is 1. The van der Waals surface area contributed by atoms with Crippen molar-refractivity contribution in [2.45, 2.75) is 31.1 Å². The zero-order valence-electron chi connectivity index (χ0n) is 16.9. The lowest BCUT2D eigenvalue weighted by Crippen LogP contribution is -2.36. The fourth-order valence-corrected chi connectivity index (χ4v) is 6.74. The van der Waals surface area contributed by atoms with Crippen molar-refractivity contribution >= 4 is 11.6 Å². The summed E-state index contributed by atoms with van der Waals surface area (Å²) in [6, 6.07) is 14.7. The Hall–Kier alpha value is -3.08. The highest BCUT2D eigenvalue weighted by Crippen LogP contribution is 2.82. The highest BCUT2D eigenvalue weighted by molar-refractivity contribution is 6.00. The van der Waals surface area contributed by atoms with Gasteiger partial charge in [-0.05, 0) is 79.5 Å². The second kappa shape index (κ2) is 6.46. The first-order valence-corrected chi connectivity index (χ1v) is 10.8. The number of amides is 1. The number of carbonyl (C=O) groups is 1. The number of pyridine rings is 1. The smallest absolute Gasteiger partial charge is 0.231 e. The fraction of sp³-hybridized carbons (Fsp3) is 0.308. The molecule has 2 aromatic carbocycles. The molecule has 3 aliphatic carbocycles. The van der Waals surface area contributed by atoms with Crippen LogP contribution >= 0.6 is 0 Å². The molecule has 0 spiro atoms. The van der Waals surface area contributed by atoms with Gasteiger partial charge in [0.2, 0.25) is 5.91 Å². The van der Waals surface area contributed by atoms with Crippen molar-refractivity contribution in [2.75, 3.05) is 5.32 Å². The quantitative estimate of drug-likeness (QED) is 0.591. The van der Waals surface area contributed by atoms with E-state index in [0.29, 0.717) is 17.5 Å². The van der Waals surface area contributed by atoms with E-state index in [4.69, 9.17) is 0 Å². The Bertz CT molecular complexity index is 1200. The summed E-state index contributed by atoms with van der Waals surface area (Å²) in [6.07, 6.45) is 7.76. The molecule has 156 valence electrons. The van der Waals surface area contributed by atoms with Crippen LogP contribution in [-0.4, -0.2) is 10.9 Å². The van der Waals surface area contributed by atoms with E-state index in [1.54, 1.807) is 36.7 Å². The zero-order valence-corrected chi connectivity index (χ0v) is 16.9. The summed E-state index contributed by atoms with van der Waals surface area (Å²) in [5.74, 6) is -0.155. The third-order valence-electron chi connectivity index (χ3n) is 8.05. The highest BCUT2D eigenvalue weighted by atomic mass is 19.1. The van der Waals surface area contributed by atoms with E-state index in [1.165, 1.54) is 23.8 Å². The summed E-state index contributed by atoms with van der Waals surface area (Å²) in [5.41, 5.74) is 1.48. The monoisotopic (exact) mass is 416 g/mol. The molecule has 31 heavy (non-hydrogen) atoms. The van der Waals surface area contributed by atoms with Gasteiger partial charge in [-0.2, -0.15) is 0 Å². The average molecular weight is 416 g/mol. The molecule has 4 atom stereocenters. The van der Waals surface area contributed by atoms with Gasteiger partial charge in [0.25, 0.3) is 0 Å². The van der Waals surface area contributed by atoms with Crippen molar-refractivity contribution in [3.63, 3.8) is 0 Å². The van der Waals surface area contributed by atoms with Crippen molar-refractivity contribution in [1.29, 1.82) is 0 Å². The Balaban J connectivity index is 1.30. The fourth-order valence-electron chi connectivity index (χ4n) is 6.74. The van der Waals surface area contributed by atoms with Crippen LogP contribution in [0.25, 0.3) is 11.1 Å². The Labute approximate surface area is 179 Å². The lowest BCUT2D eigenvalue weighted by molar-refractivity contribution is -0.123. The first-order valence-electron chi connectivity index (χ1n) is 10.8. The molecule has 5 heteroatoms. The predicted octanol–water partition coefficient (Wildman–Crippen LogP) is 5.72. The van der Waals surface area contributed by atoms with Crippen LogP contribution in [0.5, 0.6) is 0 Å². The van der Waals surface area contributed by atoms with Gasteiger partial charge in [-0.15, -0.1) is 0 Å². The van der Waals surface area contributed by atoms with E-state index < -0.39 is 17.0 Å². The van der Waals surface area contributed by atoms with E-state index >= 15 is 0 Å². The van der Waals surface area contributed by atoms with Crippen LogP contribution in [0.3, 0.4) is 0 Å². The molecule has 3 aliphatic rings. The SMILES string of the molecule is O=C(Nc1ccc(-c2ccccc2F)c(F)c1)[C@]12C[C@@]1(c1ccncc1)[C@@H]1CC[C@H]2C1. The molecule has 6 rings (SSSR count). The topological polar surface area (TPSA) is 42.0 Å². The number of nitrogens with zero attached hydrogens (tertiary/aromatic N) is 1. The molecule has 3 fully saturated rings. The second-order valence-electron chi connectivity index (χ2n) is 9.19. The average Bonchev–Trinajstić information content (AvgIpc) is 3.19. The van der Waals surface area contributed by atoms with E-state index in [9.17, 15) is 13.6 Å². The summed E-state index contributed by atoms with van der Waals surface area (Å²) in [4.78, 5) is 17.7. The minimum Gasteiger partial charge on any atom is -0.325 e. The highest BCUT2D eigenvalue weighted by Gasteiger charge is 2.83. The van der Waals surface area contributed by atoms with Gasteiger partial charge >= 0.3 is 0 Å². The summed E-state index contributed by atoms with van der Waals surface area (Å²) >= 11 is 0. The van der Waals surface area contributed by atoms with Gasteiger partial charge in [0.15, 0.2) is 0 Å². The number of hydrogen-bond donors (Lipinski definition) is 1. The van der Waals surface area contributed by atoms with Gasteiger partial charge in [0.05, 0.1) is 5.41 Å². The molecule has 0 aliphatic heterocycles. The van der Waals surface area contributed by atoms with Gasteiger partial charge in [-0.25, -0.2) is 8.78 Å². The number of fused-ring (bicyclic) bond motifs is 5. The number of halogens is 2. The number of rotatable bonds is 4. The van der Waals surface area contributed by atoms with Crippen molar-refractivity contribution in [2.24, 2.45) is 17.3 Å². The van der Waals surface area contributed by atoms with Crippen molar-refractivity contribution in [3.05, 3.63) is 84.2 Å². The maximum Gasteiger partial charge on any atom is 0.231 e. The summed E-state index contributed by atoms with van der Waals surface area (Å²) < 4.78 is 28.9. The van der Waals surface area contributed by atoms with Crippen molar-refractivity contribution < 1.29 is 13.6 Å². The minimum absolute atomic E-state index is 0.0189. The molecular weight excluding hydrogens is 394 g/mol. The maximum absolute atomic E-state index is 14.8. The molecule has 1 N–H and O–H groups in total. The molecule has 2 bridgehead atoms. The van der Waals surface area contributed by atoms with Crippen LogP contribution in [0.15, 0.2) is 67.0 Å². The number of aromatic nitrogens is 1. The number of hydrogen-bond acceptors (Lipinski definition) is 2. The minimum atomic E-state index is -0.551. The molecule has 3 nitrogen and oxygen atoms in total.